The molecule has 0 saturated heterocycles. The van der Waals surface area contributed by atoms with Crippen LogP contribution in [0, 0.1) is 0 Å². The lowest BCUT2D eigenvalue weighted by Crippen LogP contribution is -2.19. The van der Waals surface area contributed by atoms with Crippen LogP contribution in [-0.2, 0) is 16.1 Å². The Balaban J connectivity index is 2.53. The summed E-state index contributed by atoms with van der Waals surface area (Å²) >= 11 is 0. The first-order chi connectivity index (χ1) is 8.84. The molecule has 0 aliphatic carbocycles. The highest BCUT2D eigenvalue weighted by molar-refractivity contribution is 5.69. The van der Waals surface area contributed by atoms with E-state index >= 15 is 0 Å². The third-order valence-corrected chi connectivity index (χ3v) is 2.47. The summed E-state index contributed by atoms with van der Waals surface area (Å²) in [5, 5.41) is 9.02. The fraction of sp³-hybridized carbons (Fsp3) is 0.583. The number of aliphatic hydroxyl groups is 1. The Morgan fingerprint density at radius 2 is 2.21 bits per heavy atom. The maximum absolute atomic E-state index is 12.3. The number of hydrogen-bond donors (Lipinski definition) is 1. The number of carbonyl (C=O) groups is 1. The summed E-state index contributed by atoms with van der Waals surface area (Å²) in [6.07, 6.45) is -3.24. The highest BCUT2D eigenvalue weighted by atomic mass is 19.4. The van der Waals surface area contributed by atoms with Gasteiger partial charge in [-0.3, -0.25) is 4.79 Å². The largest absolute Gasteiger partial charge is 0.464 e. The maximum atomic E-state index is 12.3. The van der Waals surface area contributed by atoms with E-state index < -0.39 is 18.2 Å². The molecule has 0 aromatic carbocycles. The summed E-state index contributed by atoms with van der Waals surface area (Å²) in [5.74, 6) is -0.517. The van der Waals surface area contributed by atoms with E-state index in [4.69, 9.17) is 9.84 Å². The predicted molar refractivity (Wildman–Crippen MR) is 61.3 cm³/mol. The Labute approximate surface area is 108 Å². The van der Waals surface area contributed by atoms with Crippen molar-refractivity contribution in [2.24, 2.45) is 0 Å². The monoisotopic (exact) mass is 279 g/mol. The molecule has 7 heteroatoms. The molecular formula is C12H16F3NO3. The van der Waals surface area contributed by atoms with Crippen LogP contribution in [-0.4, -0.2) is 28.4 Å². The molecule has 0 bridgehead atoms. The van der Waals surface area contributed by atoms with E-state index in [0.717, 1.165) is 25.1 Å². The number of aliphatic hydroxyl groups excluding tert-OH is 1. The van der Waals surface area contributed by atoms with Crippen LogP contribution in [0.1, 0.15) is 31.4 Å². The average molecular weight is 279 g/mol. The number of carbonyl (C=O) groups excluding carboxylic acids is 1. The van der Waals surface area contributed by atoms with Crippen molar-refractivity contribution in [3.8, 4) is 0 Å². The first kappa shape index (κ1) is 15.6. The summed E-state index contributed by atoms with van der Waals surface area (Å²) in [6.45, 7) is 2.08. The van der Waals surface area contributed by atoms with E-state index in [1.54, 1.807) is 0 Å². The Morgan fingerprint density at radius 3 is 2.79 bits per heavy atom. The lowest BCUT2D eigenvalue weighted by Gasteiger charge is -2.12. The number of hydrogen-bond acceptors (Lipinski definition) is 3. The van der Waals surface area contributed by atoms with Crippen LogP contribution in [0.2, 0.25) is 0 Å². The molecule has 19 heavy (non-hydrogen) atoms. The number of unbranched alkanes of at least 4 members (excludes halogenated alkanes) is 1. The second kappa shape index (κ2) is 6.60. The number of aromatic nitrogens is 1. The molecule has 0 amide bonds. The summed E-state index contributed by atoms with van der Waals surface area (Å²) in [4.78, 5) is 11.3. The maximum Gasteiger partial charge on any atom is 0.418 e. The van der Waals surface area contributed by atoms with Crippen LogP contribution in [0.5, 0.6) is 0 Å². The van der Waals surface area contributed by atoms with Crippen molar-refractivity contribution in [2.45, 2.75) is 38.6 Å². The first-order valence-corrected chi connectivity index (χ1v) is 5.90. The lowest BCUT2D eigenvalue weighted by molar-refractivity contribution is -0.206. The molecule has 0 radical (unpaired) electrons. The van der Waals surface area contributed by atoms with Gasteiger partial charge in [0.1, 0.15) is 6.54 Å². The molecule has 1 rings (SSSR count). The Morgan fingerprint density at radius 1 is 1.53 bits per heavy atom. The second-order valence-corrected chi connectivity index (χ2v) is 4.14. The number of esters is 1. The zero-order valence-corrected chi connectivity index (χ0v) is 10.5. The molecule has 108 valence electrons. The lowest BCUT2D eigenvalue weighted by atomic mass is 10.2. The van der Waals surface area contributed by atoms with Gasteiger partial charge in [-0.15, -0.1) is 0 Å². The number of nitrogens with zero attached hydrogens (tertiary/aromatic N) is 1. The van der Waals surface area contributed by atoms with Crippen molar-refractivity contribution in [1.29, 1.82) is 0 Å². The third kappa shape index (κ3) is 4.94. The standard InChI is InChI=1S/C12H16F3NO3/c1-2-3-6-19-10(17)8-16-5-4-9(7-16)11(18)12(13,14)15/h4-5,7,11,18H,2-3,6,8H2,1H3. The summed E-state index contributed by atoms with van der Waals surface area (Å²) < 4.78 is 42.9. The number of halogens is 3. The van der Waals surface area contributed by atoms with Gasteiger partial charge in [0.25, 0.3) is 0 Å². The van der Waals surface area contributed by atoms with Crippen LogP contribution >= 0.6 is 0 Å². The molecule has 1 heterocycles. The van der Waals surface area contributed by atoms with Gasteiger partial charge >= 0.3 is 12.1 Å². The van der Waals surface area contributed by atoms with E-state index in [2.05, 4.69) is 0 Å². The summed E-state index contributed by atoms with van der Waals surface area (Å²) in [5.41, 5.74) is -0.297. The minimum atomic E-state index is -4.71. The van der Waals surface area contributed by atoms with Crippen molar-refractivity contribution in [2.75, 3.05) is 6.61 Å². The van der Waals surface area contributed by atoms with Gasteiger partial charge in [0, 0.05) is 18.0 Å². The molecule has 1 aromatic rings. The summed E-state index contributed by atoms with van der Waals surface area (Å²) in [7, 11) is 0. The molecule has 1 N–H and O–H groups in total. The van der Waals surface area contributed by atoms with Gasteiger partial charge in [-0.2, -0.15) is 13.2 Å². The van der Waals surface area contributed by atoms with Crippen LogP contribution in [0.15, 0.2) is 18.5 Å². The van der Waals surface area contributed by atoms with Crippen LogP contribution in [0.25, 0.3) is 0 Å². The molecule has 1 atom stereocenters. The van der Waals surface area contributed by atoms with Gasteiger partial charge < -0.3 is 14.4 Å². The van der Waals surface area contributed by atoms with E-state index in [0.29, 0.717) is 6.61 Å². The zero-order valence-electron chi connectivity index (χ0n) is 10.5. The topological polar surface area (TPSA) is 51.5 Å². The van der Waals surface area contributed by atoms with E-state index in [-0.39, 0.29) is 12.1 Å². The SMILES string of the molecule is CCCCOC(=O)Cn1ccc(C(O)C(F)(F)F)c1. The minimum Gasteiger partial charge on any atom is -0.464 e. The van der Waals surface area contributed by atoms with Crippen LogP contribution in [0.4, 0.5) is 13.2 Å². The second-order valence-electron chi connectivity index (χ2n) is 4.14. The van der Waals surface area contributed by atoms with Crippen molar-refractivity contribution >= 4 is 5.97 Å². The quantitative estimate of drug-likeness (QED) is 0.642. The van der Waals surface area contributed by atoms with Gasteiger partial charge in [0.2, 0.25) is 0 Å². The molecular weight excluding hydrogens is 263 g/mol. The van der Waals surface area contributed by atoms with E-state index in [1.165, 1.54) is 10.8 Å². The number of alkyl halides is 3. The molecule has 0 spiro atoms. The fourth-order valence-electron chi connectivity index (χ4n) is 1.43. The van der Waals surface area contributed by atoms with Crippen LogP contribution < -0.4 is 0 Å². The van der Waals surface area contributed by atoms with Crippen molar-refractivity contribution in [3.05, 3.63) is 24.0 Å². The van der Waals surface area contributed by atoms with E-state index in [1.807, 2.05) is 6.92 Å². The van der Waals surface area contributed by atoms with Gasteiger partial charge in [0.05, 0.1) is 6.61 Å². The van der Waals surface area contributed by atoms with Crippen molar-refractivity contribution in [3.63, 3.8) is 0 Å². The van der Waals surface area contributed by atoms with Gasteiger partial charge in [-0.1, -0.05) is 13.3 Å². The first-order valence-electron chi connectivity index (χ1n) is 5.90. The zero-order chi connectivity index (χ0) is 14.5. The number of ether oxygens (including phenoxy) is 1. The molecule has 1 unspecified atom stereocenters. The van der Waals surface area contributed by atoms with Crippen molar-refractivity contribution in [1.82, 2.24) is 4.57 Å². The Bertz CT molecular complexity index is 415. The molecule has 0 saturated carbocycles. The van der Waals surface area contributed by atoms with Gasteiger partial charge in [-0.25, -0.2) is 0 Å². The molecule has 0 fully saturated rings. The molecule has 1 aromatic heterocycles. The Hall–Kier alpha value is -1.50. The molecule has 0 aliphatic heterocycles. The van der Waals surface area contributed by atoms with Gasteiger partial charge in [-0.05, 0) is 12.5 Å². The average Bonchev–Trinajstić information content (AvgIpc) is 2.75. The number of rotatable bonds is 6. The molecule has 0 aliphatic rings. The highest BCUT2D eigenvalue weighted by Crippen LogP contribution is 2.32. The van der Waals surface area contributed by atoms with Gasteiger partial charge in [0.15, 0.2) is 6.10 Å². The predicted octanol–water partition coefficient (Wildman–Crippen LogP) is 2.43. The summed E-state index contributed by atoms with van der Waals surface area (Å²) in [6, 6.07) is 1.12. The Kier molecular flexibility index (Phi) is 5.41. The molecule has 4 nitrogen and oxygen atoms in total. The fourth-order valence-corrected chi connectivity index (χ4v) is 1.43. The minimum absolute atomic E-state index is 0.172. The third-order valence-electron chi connectivity index (χ3n) is 2.47. The van der Waals surface area contributed by atoms with Crippen LogP contribution in [0.3, 0.4) is 0 Å². The highest BCUT2D eigenvalue weighted by Gasteiger charge is 2.39. The normalized spacial score (nSPS) is 13.3. The smallest absolute Gasteiger partial charge is 0.418 e. The van der Waals surface area contributed by atoms with E-state index in [9.17, 15) is 18.0 Å². The van der Waals surface area contributed by atoms with Crippen molar-refractivity contribution < 1.29 is 27.8 Å².